The van der Waals surface area contributed by atoms with Crippen molar-refractivity contribution < 1.29 is 9.66 Å². The molecule has 1 aliphatic rings. The third-order valence-electron chi connectivity index (χ3n) is 3.57. The molecule has 0 amide bonds. The number of hydrogen-bond donors (Lipinski definition) is 0. The van der Waals surface area contributed by atoms with Gasteiger partial charge in [0.1, 0.15) is 0 Å². The summed E-state index contributed by atoms with van der Waals surface area (Å²) in [4.78, 5) is 12.8. The van der Waals surface area contributed by atoms with Crippen molar-refractivity contribution >= 4 is 21.6 Å². The van der Waals surface area contributed by atoms with E-state index in [0.29, 0.717) is 10.4 Å². The van der Waals surface area contributed by atoms with Crippen LogP contribution < -0.4 is 0 Å². The number of ether oxygens (including phenoxy) is 1. The normalized spacial score (nSPS) is 16.6. The second-order valence-electron chi connectivity index (χ2n) is 5.30. The van der Waals surface area contributed by atoms with E-state index in [1.54, 1.807) is 12.1 Å². The van der Waals surface area contributed by atoms with Crippen molar-refractivity contribution in [3.05, 3.63) is 38.3 Å². The van der Waals surface area contributed by atoms with E-state index in [1.807, 2.05) is 6.07 Å². The number of halogens is 1. The molecule has 20 heavy (non-hydrogen) atoms. The molecule has 0 aromatic heterocycles. The van der Waals surface area contributed by atoms with Gasteiger partial charge in [-0.2, -0.15) is 0 Å². The predicted molar refractivity (Wildman–Crippen MR) is 80.7 cm³/mol. The van der Waals surface area contributed by atoms with E-state index in [4.69, 9.17) is 4.74 Å². The van der Waals surface area contributed by atoms with Crippen LogP contribution in [0.25, 0.3) is 0 Å². The van der Waals surface area contributed by atoms with Gasteiger partial charge in [-0.3, -0.25) is 10.1 Å². The Morgan fingerprint density at radius 2 is 2.15 bits per heavy atom. The van der Waals surface area contributed by atoms with Crippen LogP contribution in [-0.2, 0) is 11.3 Å². The lowest BCUT2D eigenvalue weighted by molar-refractivity contribution is -0.385. The lowest BCUT2D eigenvalue weighted by Crippen LogP contribution is -2.29. The summed E-state index contributed by atoms with van der Waals surface area (Å²) in [6.07, 6.45) is 2.20. The van der Waals surface area contributed by atoms with Crippen LogP contribution in [0.5, 0.6) is 0 Å². The molecule has 1 aromatic rings. The Balaban J connectivity index is 1.95. The Hall–Kier alpha value is -0.980. The number of rotatable bonds is 5. The lowest BCUT2D eigenvalue weighted by atomic mass is 10.00. The standard InChI is InChI=1S/C14H19BrN2O3/c1-16(9-11-4-6-20-7-5-11)10-12-2-3-13(15)14(8-12)17(18)19/h2-3,8,11H,4-7,9-10H2,1H3. The second-order valence-corrected chi connectivity index (χ2v) is 6.15. The zero-order chi connectivity index (χ0) is 14.5. The van der Waals surface area contributed by atoms with E-state index < -0.39 is 0 Å². The molecular formula is C14H19BrN2O3. The van der Waals surface area contributed by atoms with E-state index in [0.717, 1.165) is 44.7 Å². The molecule has 1 heterocycles. The van der Waals surface area contributed by atoms with Gasteiger partial charge in [0.25, 0.3) is 5.69 Å². The number of nitro groups is 1. The number of nitro benzene ring substituents is 1. The zero-order valence-electron chi connectivity index (χ0n) is 11.5. The zero-order valence-corrected chi connectivity index (χ0v) is 13.1. The van der Waals surface area contributed by atoms with Crippen molar-refractivity contribution in [1.82, 2.24) is 4.90 Å². The third-order valence-corrected chi connectivity index (χ3v) is 4.24. The van der Waals surface area contributed by atoms with Crippen molar-refractivity contribution in [3.63, 3.8) is 0 Å². The van der Waals surface area contributed by atoms with Gasteiger partial charge in [-0.05, 0) is 53.4 Å². The van der Waals surface area contributed by atoms with Crippen LogP contribution >= 0.6 is 15.9 Å². The number of nitrogens with zero attached hydrogens (tertiary/aromatic N) is 2. The molecule has 0 N–H and O–H groups in total. The van der Waals surface area contributed by atoms with Gasteiger partial charge in [-0.25, -0.2) is 0 Å². The van der Waals surface area contributed by atoms with E-state index in [-0.39, 0.29) is 10.6 Å². The topological polar surface area (TPSA) is 55.6 Å². The van der Waals surface area contributed by atoms with Crippen molar-refractivity contribution in [3.8, 4) is 0 Å². The second kappa shape index (κ2) is 7.15. The summed E-state index contributed by atoms with van der Waals surface area (Å²) in [6.45, 7) is 3.43. The first kappa shape index (κ1) is 15.4. The molecule has 0 radical (unpaired) electrons. The summed E-state index contributed by atoms with van der Waals surface area (Å²) < 4.78 is 5.88. The fourth-order valence-corrected chi connectivity index (χ4v) is 2.93. The highest BCUT2D eigenvalue weighted by Crippen LogP contribution is 2.26. The summed E-state index contributed by atoms with van der Waals surface area (Å²) in [5.41, 5.74) is 1.09. The van der Waals surface area contributed by atoms with Crippen molar-refractivity contribution in [2.75, 3.05) is 26.8 Å². The van der Waals surface area contributed by atoms with Gasteiger partial charge in [0.05, 0.1) is 9.40 Å². The molecule has 1 saturated heterocycles. The van der Waals surface area contributed by atoms with Gasteiger partial charge in [0.2, 0.25) is 0 Å². The summed E-state index contributed by atoms with van der Waals surface area (Å²) >= 11 is 3.21. The fourth-order valence-electron chi connectivity index (χ4n) is 2.54. The quantitative estimate of drug-likeness (QED) is 0.609. The summed E-state index contributed by atoms with van der Waals surface area (Å²) in [6, 6.07) is 5.32. The molecule has 2 rings (SSSR count). The lowest BCUT2D eigenvalue weighted by Gasteiger charge is -2.27. The largest absolute Gasteiger partial charge is 0.381 e. The minimum absolute atomic E-state index is 0.127. The number of benzene rings is 1. The maximum absolute atomic E-state index is 10.9. The first-order valence-corrected chi connectivity index (χ1v) is 7.54. The third kappa shape index (κ3) is 4.26. The van der Waals surface area contributed by atoms with Gasteiger partial charge < -0.3 is 9.64 Å². The van der Waals surface area contributed by atoms with Crippen LogP contribution in [-0.4, -0.2) is 36.6 Å². The van der Waals surface area contributed by atoms with Crippen molar-refractivity contribution in [2.45, 2.75) is 19.4 Å². The highest BCUT2D eigenvalue weighted by atomic mass is 79.9. The van der Waals surface area contributed by atoms with E-state index in [1.165, 1.54) is 0 Å². The van der Waals surface area contributed by atoms with Crippen LogP contribution in [0.1, 0.15) is 18.4 Å². The maximum Gasteiger partial charge on any atom is 0.283 e. The molecule has 1 aromatic carbocycles. The van der Waals surface area contributed by atoms with Gasteiger partial charge in [-0.15, -0.1) is 0 Å². The SMILES string of the molecule is CN(Cc1ccc(Br)c([N+](=O)[O-])c1)CC1CCOCC1. The van der Waals surface area contributed by atoms with Crippen LogP contribution in [0.15, 0.2) is 22.7 Å². The Morgan fingerprint density at radius 3 is 2.80 bits per heavy atom. The van der Waals surface area contributed by atoms with Crippen molar-refractivity contribution in [2.24, 2.45) is 5.92 Å². The summed E-state index contributed by atoms with van der Waals surface area (Å²) in [7, 11) is 2.06. The molecule has 0 aliphatic carbocycles. The molecule has 0 bridgehead atoms. The van der Waals surface area contributed by atoms with Crippen molar-refractivity contribution in [1.29, 1.82) is 0 Å². The molecule has 0 atom stereocenters. The molecule has 1 aliphatic heterocycles. The Bertz CT molecular complexity index is 475. The first-order chi connectivity index (χ1) is 9.56. The molecule has 0 saturated carbocycles. The molecule has 0 spiro atoms. The number of hydrogen-bond acceptors (Lipinski definition) is 4. The van der Waals surface area contributed by atoms with E-state index in [9.17, 15) is 10.1 Å². The highest BCUT2D eigenvalue weighted by molar-refractivity contribution is 9.10. The fraction of sp³-hybridized carbons (Fsp3) is 0.571. The first-order valence-electron chi connectivity index (χ1n) is 6.75. The summed E-state index contributed by atoms with van der Waals surface area (Å²) in [5.74, 6) is 0.666. The molecule has 110 valence electrons. The molecule has 1 fully saturated rings. The minimum atomic E-state index is -0.355. The van der Waals surface area contributed by atoms with Crippen LogP contribution in [0, 0.1) is 16.0 Å². The van der Waals surface area contributed by atoms with Gasteiger partial charge in [0, 0.05) is 32.4 Å². The average molecular weight is 343 g/mol. The summed E-state index contributed by atoms with van der Waals surface area (Å²) in [5, 5.41) is 10.9. The highest BCUT2D eigenvalue weighted by Gasteiger charge is 2.17. The Kier molecular flexibility index (Phi) is 5.51. The van der Waals surface area contributed by atoms with Crippen LogP contribution in [0.2, 0.25) is 0 Å². The monoisotopic (exact) mass is 342 g/mol. The van der Waals surface area contributed by atoms with Crippen LogP contribution in [0.4, 0.5) is 5.69 Å². The minimum Gasteiger partial charge on any atom is -0.381 e. The Morgan fingerprint density at radius 1 is 1.45 bits per heavy atom. The van der Waals surface area contributed by atoms with Gasteiger partial charge >= 0.3 is 0 Å². The van der Waals surface area contributed by atoms with E-state index in [2.05, 4.69) is 27.9 Å². The molecule has 0 unspecified atom stereocenters. The van der Waals surface area contributed by atoms with Crippen LogP contribution in [0.3, 0.4) is 0 Å². The molecular weight excluding hydrogens is 324 g/mol. The van der Waals surface area contributed by atoms with Gasteiger partial charge in [0.15, 0.2) is 0 Å². The van der Waals surface area contributed by atoms with Gasteiger partial charge in [-0.1, -0.05) is 6.07 Å². The molecule has 6 heteroatoms. The Labute approximate surface area is 127 Å². The smallest absolute Gasteiger partial charge is 0.283 e. The average Bonchev–Trinajstić information content (AvgIpc) is 2.41. The predicted octanol–water partition coefficient (Wildman–Crippen LogP) is 3.22. The maximum atomic E-state index is 10.9. The van der Waals surface area contributed by atoms with E-state index >= 15 is 0 Å². The molecule has 5 nitrogen and oxygen atoms in total.